The molecule has 1 amide bonds. The van der Waals surface area contributed by atoms with E-state index < -0.39 is 11.7 Å². The summed E-state index contributed by atoms with van der Waals surface area (Å²) in [7, 11) is 1.48. The van der Waals surface area contributed by atoms with E-state index in [-0.39, 0.29) is 48.6 Å². The van der Waals surface area contributed by atoms with Gasteiger partial charge < -0.3 is 20.1 Å². The summed E-state index contributed by atoms with van der Waals surface area (Å²) in [4.78, 5) is 31.7. The number of nitrogens with zero attached hydrogens (tertiary/aromatic N) is 4. The fourth-order valence-electron chi connectivity index (χ4n) is 5.13. The molecule has 1 fully saturated rings. The monoisotopic (exact) mass is 533 g/mol. The number of rotatable bonds is 10. The van der Waals surface area contributed by atoms with Gasteiger partial charge in [-0.1, -0.05) is 46.2 Å². The van der Waals surface area contributed by atoms with Gasteiger partial charge in [0.25, 0.3) is 5.56 Å². The first-order chi connectivity index (χ1) is 17.4. The van der Waals surface area contributed by atoms with Crippen LogP contribution in [-0.4, -0.2) is 63.1 Å². The minimum atomic E-state index is -0.872. The number of nitrogens with one attached hydrogen (secondary N) is 1. The Morgan fingerprint density at radius 3 is 2.65 bits per heavy atom. The second kappa shape index (κ2) is 12.4. The van der Waals surface area contributed by atoms with Crippen molar-refractivity contribution in [2.24, 2.45) is 23.2 Å². The molecule has 9 nitrogen and oxygen atoms in total. The number of carbonyl (C=O) groups is 1. The van der Waals surface area contributed by atoms with Crippen molar-refractivity contribution in [2.45, 2.75) is 66.3 Å². The number of carbonyl (C=O) groups excluding carboxylic acids is 1. The first-order valence-electron chi connectivity index (χ1n) is 12.8. The first kappa shape index (κ1) is 29.1. The van der Waals surface area contributed by atoms with E-state index in [9.17, 15) is 14.7 Å². The Labute approximate surface area is 224 Å². The molecule has 2 aromatic rings. The highest BCUT2D eigenvalue weighted by Crippen LogP contribution is 2.48. The van der Waals surface area contributed by atoms with Crippen LogP contribution in [0.3, 0.4) is 0 Å². The van der Waals surface area contributed by atoms with E-state index in [2.05, 4.69) is 50.0 Å². The Morgan fingerprint density at radius 2 is 2.00 bits per heavy atom. The molecular weight excluding hydrogens is 494 g/mol. The van der Waals surface area contributed by atoms with Gasteiger partial charge in [0.05, 0.1) is 24.6 Å². The van der Waals surface area contributed by atoms with Crippen molar-refractivity contribution in [2.75, 3.05) is 25.6 Å². The molecule has 0 spiro atoms. The standard InChI is InChI=1S/C27H40ClN5O4/c1-17-11-22(18(2)19(3)27(17,4)5)31-23-12-30-33(26(36)25(23)28)15-24(35)32(14-21(34)16-37-6)13-20-7-9-29-10-8-20/h7-10,12,17-19,21-22,31,34H,11,13-16H2,1-6H3/t17-,18+,19+,21-,22+/m0/s1. The van der Waals surface area contributed by atoms with Crippen LogP contribution in [0.5, 0.6) is 0 Å². The van der Waals surface area contributed by atoms with Gasteiger partial charge in [-0.3, -0.25) is 14.6 Å². The smallest absolute Gasteiger partial charge is 0.288 e. The number of halogens is 1. The summed E-state index contributed by atoms with van der Waals surface area (Å²) < 4.78 is 6.07. The molecule has 0 radical (unpaired) electrons. The number of hydrogen-bond acceptors (Lipinski definition) is 7. The van der Waals surface area contributed by atoms with Gasteiger partial charge in [-0.2, -0.15) is 5.10 Å². The number of aromatic nitrogens is 3. The molecule has 1 aliphatic rings. The summed E-state index contributed by atoms with van der Waals surface area (Å²) in [5.41, 5.74) is 1.02. The van der Waals surface area contributed by atoms with E-state index in [1.807, 2.05) is 0 Å². The topological polar surface area (TPSA) is 110 Å². The molecule has 0 saturated heterocycles. The van der Waals surface area contributed by atoms with Gasteiger partial charge in [-0.05, 0) is 47.3 Å². The molecule has 0 aromatic carbocycles. The highest BCUT2D eigenvalue weighted by molar-refractivity contribution is 6.32. The maximum absolute atomic E-state index is 13.2. The Hall–Kier alpha value is -2.49. The SMILES string of the molecule is COC[C@@H](O)CN(Cc1ccncc1)C(=O)Cn1ncc(N[C@@H]2C[C@H](C)C(C)(C)[C@H](C)[C@H]2C)c(Cl)c1=O. The zero-order valence-corrected chi connectivity index (χ0v) is 23.4. The summed E-state index contributed by atoms with van der Waals surface area (Å²) in [5.74, 6) is 0.995. The van der Waals surface area contributed by atoms with Crippen LogP contribution in [0.1, 0.15) is 46.6 Å². The second-order valence-corrected chi connectivity index (χ2v) is 11.3. The lowest BCUT2D eigenvalue weighted by Gasteiger charge is -2.50. The summed E-state index contributed by atoms with van der Waals surface area (Å²) in [5, 5.41) is 18.0. The van der Waals surface area contributed by atoms with Crippen molar-refractivity contribution in [3.8, 4) is 0 Å². The molecule has 1 aliphatic carbocycles. The minimum Gasteiger partial charge on any atom is -0.389 e. The highest BCUT2D eigenvalue weighted by atomic mass is 35.5. The van der Waals surface area contributed by atoms with Gasteiger partial charge in [-0.25, -0.2) is 4.68 Å². The van der Waals surface area contributed by atoms with Crippen LogP contribution in [0.2, 0.25) is 5.02 Å². The largest absolute Gasteiger partial charge is 0.389 e. The summed E-state index contributed by atoms with van der Waals surface area (Å²) in [6.07, 6.45) is 4.88. The predicted octanol–water partition coefficient (Wildman–Crippen LogP) is 3.45. The Kier molecular flexibility index (Phi) is 9.72. The molecule has 3 rings (SSSR count). The van der Waals surface area contributed by atoms with Crippen LogP contribution in [0, 0.1) is 23.2 Å². The Morgan fingerprint density at radius 1 is 1.32 bits per heavy atom. The number of ether oxygens (including phenoxy) is 1. The maximum Gasteiger partial charge on any atom is 0.288 e. The molecule has 0 aliphatic heterocycles. The number of amides is 1. The number of methoxy groups -OCH3 is 1. The normalized spacial score (nSPS) is 23.9. The number of hydrogen-bond donors (Lipinski definition) is 2. The van der Waals surface area contributed by atoms with Gasteiger partial charge >= 0.3 is 0 Å². The van der Waals surface area contributed by atoms with E-state index in [4.69, 9.17) is 16.3 Å². The van der Waals surface area contributed by atoms with Crippen molar-refractivity contribution in [1.82, 2.24) is 19.7 Å². The molecule has 204 valence electrons. The molecule has 1 saturated carbocycles. The van der Waals surface area contributed by atoms with Crippen LogP contribution in [0.25, 0.3) is 0 Å². The Bertz CT molecular complexity index is 1110. The number of pyridine rings is 1. The van der Waals surface area contributed by atoms with Crippen molar-refractivity contribution < 1.29 is 14.6 Å². The van der Waals surface area contributed by atoms with Gasteiger partial charge in [0, 0.05) is 38.6 Å². The molecule has 0 bridgehead atoms. The lowest BCUT2D eigenvalue weighted by Crippen LogP contribution is -2.48. The lowest BCUT2D eigenvalue weighted by molar-refractivity contribution is -0.134. The van der Waals surface area contributed by atoms with E-state index in [1.54, 1.807) is 24.5 Å². The number of aliphatic hydroxyl groups excluding tert-OH is 1. The van der Waals surface area contributed by atoms with Crippen LogP contribution in [0.4, 0.5) is 5.69 Å². The van der Waals surface area contributed by atoms with Crippen LogP contribution >= 0.6 is 11.6 Å². The molecular formula is C27H40ClN5O4. The maximum atomic E-state index is 13.2. The van der Waals surface area contributed by atoms with Gasteiger partial charge in [0.2, 0.25) is 5.91 Å². The lowest BCUT2D eigenvalue weighted by atomic mass is 9.58. The van der Waals surface area contributed by atoms with Crippen molar-refractivity contribution >= 4 is 23.2 Å². The molecule has 37 heavy (non-hydrogen) atoms. The average Bonchev–Trinajstić information content (AvgIpc) is 2.86. The third-order valence-electron chi connectivity index (χ3n) is 8.35. The fraction of sp³-hybridized carbons (Fsp3) is 0.630. The molecule has 5 atom stereocenters. The predicted molar refractivity (Wildman–Crippen MR) is 144 cm³/mol. The molecule has 2 aromatic heterocycles. The third-order valence-corrected chi connectivity index (χ3v) is 8.72. The highest BCUT2D eigenvalue weighted by Gasteiger charge is 2.43. The van der Waals surface area contributed by atoms with Crippen molar-refractivity contribution in [1.29, 1.82) is 0 Å². The van der Waals surface area contributed by atoms with E-state index in [1.165, 1.54) is 18.2 Å². The van der Waals surface area contributed by atoms with Crippen molar-refractivity contribution in [3.63, 3.8) is 0 Å². The van der Waals surface area contributed by atoms with Gasteiger partial charge in [-0.15, -0.1) is 0 Å². The minimum absolute atomic E-state index is 0.0141. The Balaban J connectivity index is 1.76. The van der Waals surface area contributed by atoms with Crippen LogP contribution < -0.4 is 10.9 Å². The summed E-state index contributed by atoms with van der Waals surface area (Å²) in [6, 6.07) is 3.74. The molecule has 0 unspecified atom stereocenters. The average molecular weight is 534 g/mol. The molecule has 2 N–H and O–H groups in total. The van der Waals surface area contributed by atoms with Crippen molar-refractivity contribution in [3.05, 3.63) is 51.7 Å². The van der Waals surface area contributed by atoms with Gasteiger partial charge in [0.15, 0.2) is 0 Å². The van der Waals surface area contributed by atoms with E-state index in [0.717, 1.165) is 16.7 Å². The van der Waals surface area contributed by atoms with Gasteiger partial charge in [0.1, 0.15) is 11.6 Å². The zero-order chi connectivity index (χ0) is 27.3. The van der Waals surface area contributed by atoms with E-state index in [0.29, 0.717) is 23.4 Å². The van der Waals surface area contributed by atoms with Crippen LogP contribution in [0.15, 0.2) is 35.5 Å². The summed E-state index contributed by atoms with van der Waals surface area (Å²) >= 11 is 6.49. The second-order valence-electron chi connectivity index (χ2n) is 10.9. The van der Waals surface area contributed by atoms with E-state index >= 15 is 0 Å². The van der Waals surface area contributed by atoms with Crippen LogP contribution in [-0.2, 0) is 22.6 Å². The number of anilines is 1. The molecule has 10 heteroatoms. The quantitative estimate of drug-likeness (QED) is 0.481. The molecule has 2 heterocycles. The third kappa shape index (κ3) is 6.89. The summed E-state index contributed by atoms with van der Waals surface area (Å²) in [6.45, 7) is 11.5. The number of aliphatic hydroxyl groups is 1. The first-order valence-corrected chi connectivity index (χ1v) is 13.2. The fourth-order valence-corrected chi connectivity index (χ4v) is 5.33. The zero-order valence-electron chi connectivity index (χ0n) is 22.6.